The zero-order valence-corrected chi connectivity index (χ0v) is 11.2. The third-order valence-electron chi connectivity index (χ3n) is 2.98. The average Bonchev–Trinajstić information content (AvgIpc) is 2.83. The summed E-state index contributed by atoms with van der Waals surface area (Å²) < 4.78 is 2.15. The van der Waals surface area contributed by atoms with Crippen molar-refractivity contribution in [1.29, 1.82) is 0 Å². The van der Waals surface area contributed by atoms with Gasteiger partial charge in [0.2, 0.25) is 0 Å². The van der Waals surface area contributed by atoms with Crippen LogP contribution in [0.3, 0.4) is 0 Å². The first-order valence-electron chi connectivity index (χ1n) is 6.26. The highest BCUT2D eigenvalue weighted by Crippen LogP contribution is 2.23. The van der Waals surface area contributed by atoms with Crippen molar-refractivity contribution in [3.8, 4) is 0 Å². The minimum absolute atomic E-state index is 0.924. The van der Waals surface area contributed by atoms with Crippen LogP contribution in [-0.4, -0.2) is 20.4 Å². The SMILES string of the molecule is CCCCSc1nnc2ccc3ccccc3n12. The molecule has 0 aliphatic rings. The molecule has 0 saturated heterocycles. The van der Waals surface area contributed by atoms with E-state index in [1.54, 1.807) is 11.8 Å². The topological polar surface area (TPSA) is 30.2 Å². The van der Waals surface area contributed by atoms with Gasteiger partial charge in [-0.25, -0.2) is 0 Å². The third-order valence-corrected chi connectivity index (χ3v) is 3.99. The van der Waals surface area contributed by atoms with Crippen molar-refractivity contribution in [3.05, 3.63) is 36.4 Å². The van der Waals surface area contributed by atoms with Gasteiger partial charge in [0, 0.05) is 5.75 Å². The number of para-hydroxylation sites is 1. The van der Waals surface area contributed by atoms with Crippen LogP contribution < -0.4 is 0 Å². The summed E-state index contributed by atoms with van der Waals surface area (Å²) in [4.78, 5) is 0. The maximum Gasteiger partial charge on any atom is 0.196 e. The molecule has 0 fully saturated rings. The second kappa shape index (κ2) is 4.98. The molecule has 92 valence electrons. The number of benzene rings is 1. The number of hydrogen-bond donors (Lipinski definition) is 0. The monoisotopic (exact) mass is 257 g/mol. The smallest absolute Gasteiger partial charge is 0.196 e. The van der Waals surface area contributed by atoms with E-state index in [4.69, 9.17) is 0 Å². The number of aromatic nitrogens is 3. The lowest BCUT2D eigenvalue weighted by atomic mass is 10.2. The zero-order chi connectivity index (χ0) is 12.4. The normalized spacial score (nSPS) is 11.4. The molecular weight excluding hydrogens is 242 g/mol. The highest BCUT2D eigenvalue weighted by Gasteiger charge is 2.08. The molecule has 18 heavy (non-hydrogen) atoms. The maximum atomic E-state index is 4.29. The van der Waals surface area contributed by atoms with Crippen LogP contribution in [0.4, 0.5) is 0 Å². The van der Waals surface area contributed by atoms with Crippen LogP contribution >= 0.6 is 11.8 Å². The summed E-state index contributed by atoms with van der Waals surface area (Å²) in [6, 6.07) is 12.5. The minimum atomic E-state index is 0.924. The molecule has 0 aliphatic heterocycles. The van der Waals surface area contributed by atoms with Crippen molar-refractivity contribution in [1.82, 2.24) is 14.6 Å². The molecule has 4 heteroatoms. The molecule has 0 radical (unpaired) electrons. The Labute approximate surface area is 110 Å². The molecule has 0 bridgehead atoms. The van der Waals surface area contributed by atoms with Gasteiger partial charge in [0.05, 0.1) is 5.52 Å². The first kappa shape index (κ1) is 11.5. The van der Waals surface area contributed by atoms with Crippen LogP contribution in [0.15, 0.2) is 41.6 Å². The summed E-state index contributed by atoms with van der Waals surface area (Å²) >= 11 is 1.79. The Morgan fingerprint density at radius 1 is 1.11 bits per heavy atom. The van der Waals surface area contributed by atoms with E-state index in [9.17, 15) is 0 Å². The van der Waals surface area contributed by atoms with Crippen LogP contribution in [0.1, 0.15) is 19.8 Å². The highest BCUT2D eigenvalue weighted by atomic mass is 32.2. The van der Waals surface area contributed by atoms with E-state index in [1.165, 1.54) is 23.7 Å². The molecule has 0 amide bonds. The molecule has 3 aromatic rings. The summed E-state index contributed by atoms with van der Waals surface area (Å²) in [7, 11) is 0. The summed E-state index contributed by atoms with van der Waals surface area (Å²) in [5.74, 6) is 1.10. The molecule has 1 aromatic carbocycles. The molecule has 0 unspecified atom stereocenters. The number of hydrogen-bond acceptors (Lipinski definition) is 3. The van der Waals surface area contributed by atoms with E-state index in [1.807, 2.05) is 6.07 Å². The summed E-state index contributed by atoms with van der Waals surface area (Å²) in [5, 5.41) is 10.8. The van der Waals surface area contributed by atoms with Crippen LogP contribution in [-0.2, 0) is 0 Å². The molecular formula is C14H15N3S. The van der Waals surface area contributed by atoms with Crippen molar-refractivity contribution in [2.24, 2.45) is 0 Å². The lowest BCUT2D eigenvalue weighted by Crippen LogP contribution is -1.91. The molecule has 0 saturated carbocycles. The predicted molar refractivity (Wildman–Crippen MR) is 76.1 cm³/mol. The quantitative estimate of drug-likeness (QED) is 0.526. The number of rotatable bonds is 4. The van der Waals surface area contributed by atoms with E-state index in [0.29, 0.717) is 0 Å². The standard InChI is InChI=1S/C14H15N3S/c1-2-3-10-18-14-16-15-13-9-8-11-6-4-5-7-12(11)17(13)14/h4-9H,2-3,10H2,1H3. The van der Waals surface area contributed by atoms with Gasteiger partial charge < -0.3 is 0 Å². The van der Waals surface area contributed by atoms with E-state index in [-0.39, 0.29) is 0 Å². The van der Waals surface area contributed by atoms with Crippen LogP contribution in [0.2, 0.25) is 0 Å². The van der Waals surface area contributed by atoms with Gasteiger partial charge in [-0.2, -0.15) is 0 Å². The molecule has 2 aromatic heterocycles. The van der Waals surface area contributed by atoms with Crippen LogP contribution in [0.25, 0.3) is 16.6 Å². The van der Waals surface area contributed by atoms with E-state index in [2.05, 4.69) is 51.9 Å². The highest BCUT2D eigenvalue weighted by molar-refractivity contribution is 7.99. The van der Waals surface area contributed by atoms with Crippen molar-refractivity contribution < 1.29 is 0 Å². The van der Waals surface area contributed by atoms with Crippen molar-refractivity contribution in [2.75, 3.05) is 5.75 Å². The number of fused-ring (bicyclic) bond motifs is 3. The van der Waals surface area contributed by atoms with Gasteiger partial charge >= 0.3 is 0 Å². The van der Waals surface area contributed by atoms with Crippen molar-refractivity contribution in [3.63, 3.8) is 0 Å². The van der Waals surface area contributed by atoms with Crippen LogP contribution in [0, 0.1) is 0 Å². The molecule has 0 spiro atoms. The largest absolute Gasteiger partial charge is 0.270 e. The van der Waals surface area contributed by atoms with Gasteiger partial charge in [0.15, 0.2) is 10.8 Å². The number of unbranched alkanes of at least 4 members (excludes halogenated alkanes) is 1. The Kier molecular flexibility index (Phi) is 3.19. The molecule has 0 N–H and O–H groups in total. The molecule has 2 heterocycles. The van der Waals surface area contributed by atoms with Crippen molar-refractivity contribution in [2.45, 2.75) is 24.9 Å². The summed E-state index contributed by atoms with van der Waals surface area (Å²) in [6.07, 6.45) is 2.43. The number of nitrogens with zero attached hydrogens (tertiary/aromatic N) is 3. The Hall–Kier alpha value is -1.55. The lowest BCUT2D eigenvalue weighted by molar-refractivity contribution is 0.884. The Morgan fingerprint density at radius 3 is 2.89 bits per heavy atom. The van der Waals surface area contributed by atoms with Gasteiger partial charge in [-0.15, -0.1) is 10.2 Å². The Balaban J connectivity index is 2.12. The fourth-order valence-electron chi connectivity index (χ4n) is 2.01. The van der Waals surface area contributed by atoms with E-state index < -0.39 is 0 Å². The second-order valence-corrected chi connectivity index (χ2v) is 5.33. The van der Waals surface area contributed by atoms with Gasteiger partial charge in [0.25, 0.3) is 0 Å². The van der Waals surface area contributed by atoms with Crippen LogP contribution in [0.5, 0.6) is 0 Å². The third kappa shape index (κ3) is 1.97. The van der Waals surface area contributed by atoms with Gasteiger partial charge in [-0.3, -0.25) is 4.40 Å². The van der Waals surface area contributed by atoms with Gasteiger partial charge in [-0.1, -0.05) is 43.3 Å². The average molecular weight is 257 g/mol. The minimum Gasteiger partial charge on any atom is -0.270 e. The summed E-state index contributed by atoms with van der Waals surface area (Å²) in [5.41, 5.74) is 2.10. The van der Waals surface area contributed by atoms with Gasteiger partial charge in [-0.05, 0) is 30.0 Å². The fourth-order valence-corrected chi connectivity index (χ4v) is 3.05. The second-order valence-electron chi connectivity index (χ2n) is 4.27. The molecule has 0 aliphatic carbocycles. The molecule has 3 rings (SSSR count). The zero-order valence-electron chi connectivity index (χ0n) is 10.3. The van der Waals surface area contributed by atoms with E-state index in [0.717, 1.165) is 16.6 Å². The lowest BCUT2D eigenvalue weighted by Gasteiger charge is -2.03. The molecule has 3 nitrogen and oxygen atoms in total. The number of thioether (sulfide) groups is 1. The van der Waals surface area contributed by atoms with E-state index >= 15 is 0 Å². The first-order chi connectivity index (χ1) is 8.90. The first-order valence-corrected chi connectivity index (χ1v) is 7.24. The Bertz CT molecular complexity index is 675. The molecule has 0 atom stereocenters. The number of pyridine rings is 1. The fraction of sp³-hybridized carbons (Fsp3) is 0.286. The predicted octanol–water partition coefficient (Wildman–Crippen LogP) is 3.77. The Morgan fingerprint density at radius 2 is 2.00 bits per heavy atom. The maximum absolute atomic E-state index is 4.29. The van der Waals surface area contributed by atoms with Crippen molar-refractivity contribution >= 4 is 28.3 Å². The summed E-state index contributed by atoms with van der Waals surface area (Å²) in [6.45, 7) is 2.21. The van der Waals surface area contributed by atoms with Gasteiger partial charge in [0.1, 0.15) is 0 Å².